The van der Waals surface area contributed by atoms with Gasteiger partial charge in [-0.2, -0.15) is 4.31 Å². The molecule has 0 aromatic carbocycles. The molecule has 0 aromatic rings. The number of ether oxygens (including phenoxy) is 1. The summed E-state index contributed by atoms with van der Waals surface area (Å²) in [5.74, 6) is -2.33. The summed E-state index contributed by atoms with van der Waals surface area (Å²) in [6, 6.07) is -1.00. The van der Waals surface area contributed by atoms with Gasteiger partial charge in [-0.15, -0.1) is 0 Å². The highest BCUT2D eigenvalue weighted by Gasteiger charge is 2.47. The van der Waals surface area contributed by atoms with E-state index in [2.05, 4.69) is 0 Å². The van der Waals surface area contributed by atoms with Gasteiger partial charge < -0.3 is 9.84 Å². The average molecular weight is 319 g/mol. The fourth-order valence-electron chi connectivity index (χ4n) is 3.34. The minimum Gasteiger partial charge on any atom is -0.480 e. The molecule has 0 spiro atoms. The van der Waals surface area contributed by atoms with Crippen LogP contribution in [0.25, 0.3) is 0 Å². The van der Waals surface area contributed by atoms with E-state index in [1.807, 2.05) is 0 Å². The van der Waals surface area contributed by atoms with Crippen LogP contribution in [-0.2, 0) is 24.3 Å². The third-order valence-corrected chi connectivity index (χ3v) is 6.82. The number of hydrogen-bond donors (Lipinski definition) is 1. The highest BCUT2D eigenvalue weighted by atomic mass is 32.2. The van der Waals surface area contributed by atoms with Gasteiger partial charge in [0.05, 0.1) is 18.3 Å². The summed E-state index contributed by atoms with van der Waals surface area (Å²) in [6.45, 7) is 0.212. The third-order valence-electron chi connectivity index (χ3n) is 4.40. The molecule has 0 radical (unpaired) electrons. The summed E-state index contributed by atoms with van der Waals surface area (Å²) in [6.07, 6.45) is 3.22. The fraction of sp³-hybridized carbons (Fsp3) is 0.846. The van der Waals surface area contributed by atoms with Crippen molar-refractivity contribution < 1.29 is 27.9 Å². The van der Waals surface area contributed by atoms with Gasteiger partial charge in [-0.3, -0.25) is 9.59 Å². The summed E-state index contributed by atoms with van der Waals surface area (Å²) in [5.41, 5.74) is 0. The number of carbonyl (C=O) groups is 2. The normalized spacial score (nSPS) is 31.0. The van der Waals surface area contributed by atoms with Crippen LogP contribution in [0.5, 0.6) is 0 Å². The Hall–Kier alpha value is -1.15. The maximum absolute atomic E-state index is 12.8. The molecule has 3 unspecified atom stereocenters. The number of esters is 1. The standard InChI is InChI=1S/C13H21NO6S/c1-20-13(17)9-5-2-3-7-11(9)21(18,19)14-8-4-6-10(14)12(15)16/h9-11H,2-8H2,1H3,(H,15,16). The summed E-state index contributed by atoms with van der Waals surface area (Å²) < 4.78 is 31.4. The highest BCUT2D eigenvalue weighted by Crippen LogP contribution is 2.35. The minimum atomic E-state index is -3.81. The Bertz CT molecular complexity index is 517. The summed E-state index contributed by atoms with van der Waals surface area (Å²) in [5, 5.41) is 8.31. The van der Waals surface area contributed by atoms with E-state index in [-0.39, 0.29) is 6.54 Å². The van der Waals surface area contributed by atoms with Crippen LogP contribution in [-0.4, -0.2) is 54.7 Å². The van der Waals surface area contributed by atoms with Crippen LogP contribution in [0.15, 0.2) is 0 Å². The summed E-state index contributed by atoms with van der Waals surface area (Å²) in [4.78, 5) is 23.0. The molecular weight excluding hydrogens is 298 g/mol. The number of sulfonamides is 1. The van der Waals surface area contributed by atoms with E-state index >= 15 is 0 Å². The quantitative estimate of drug-likeness (QED) is 0.761. The topological polar surface area (TPSA) is 101 Å². The van der Waals surface area contributed by atoms with Crippen molar-refractivity contribution in [3.05, 3.63) is 0 Å². The molecule has 3 atom stereocenters. The van der Waals surface area contributed by atoms with Gasteiger partial charge in [-0.05, 0) is 25.7 Å². The van der Waals surface area contributed by atoms with Crippen molar-refractivity contribution >= 4 is 22.0 Å². The van der Waals surface area contributed by atoms with E-state index in [1.54, 1.807) is 0 Å². The van der Waals surface area contributed by atoms with Crippen molar-refractivity contribution in [2.45, 2.75) is 49.8 Å². The number of methoxy groups -OCH3 is 1. The van der Waals surface area contributed by atoms with Gasteiger partial charge in [0.25, 0.3) is 0 Å². The maximum Gasteiger partial charge on any atom is 0.322 e. The number of carbonyl (C=O) groups excluding carboxylic acids is 1. The molecule has 1 saturated carbocycles. The largest absolute Gasteiger partial charge is 0.480 e. The van der Waals surface area contributed by atoms with Crippen LogP contribution in [0.3, 0.4) is 0 Å². The first kappa shape index (κ1) is 16.2. The predicted molar refractivity (Wildman–Crippen MR) is 74.0 cm³/mol. The van der Waals surface area contributed by atoms with Gasteiger partial charge in [0.2, 0.25) is 10.0 Å². The number of aliphatic carboxylic acids is 1. The molecule has 2 aliphatic rings. The first-order valence-corrected chi connectivity index (χ1v) is 8.71. The molecule has 1 aliphatic carbocycles. The van der Waals surface area contributed by atoms with Crippen molar-refractivity contribution in [3.8, 4) is 0 Å². The zero-order valence-corrected chi connectivity index (χ0v) is 12.8. The Labute approximate surface area is 124 Å². The fourth-order valence-corrected chi connectivity index (χ4v) is 5.75. The monoisotopic (exact) mass is 319 g/mol. The average Bonchev–Trinajstić information content (AvgIpc) is 2.97. The molecule has 1 aliphatic heterocycles. The third kappa shape index (κ3) is 3.06. The van der Waals surface area contributed by atoms with E-state index in [1.165, 1.54) is 7.11 Å². The van der Waals surface area contributed by atoms with E-state index in [0.717, 1.165) is 17.1 Å². The second kappa shape index (κ2) is 6.31. The lowest BCUT2D eigenvalue weighted by Crippen LogP contribution is -2.49. The molecule has 7 nitrogen and oxygen atoms in total. The van der Waals surface area contributed by atoms with Gasteiger partial charge in [-0.1, -0.05) is 12.8 Å². The van der Waals surface area contributed by atoms with Crippen molar-refractivity contribution in [2.75, 3.05) is 13.7 Å². The van der Waals surface area contributed by atoms with Crippen LogP contribution < -0.4 is 0 Å². The molecule has 0 bridgehead atoms. The second-order valence-corrected chi connectivity index (χ2v) is 7.71. The smallest absolute Gasteiger partial charge is 0.322 e. The van der Waals surface area contributed by atoms with Crippen LogP contribution in [0.1, 0.15) is 38.5 Å². The molecule has 8 heteroatoms. The zero-order chi connectivity index (χ0) is 15.6. The lowest BCUT2D eigenvalue weighted by atomic mass is 9.89. The molecular formula is C13H21NO6S. The first-order chi connectivity index (χ1) is 9.89. The van der Waals surface area contributed by atoms with Crippen LogP contribution in [0, 0.1) is 5.92 Å². The van der Waals surface area contributed by atoms with E-state index in [4.69, 9.17) is 9.84 Å². The van der Waals surface area contributed by atoms with Gasteiger partial charge in [0.1, 0.15) is 6.04 Å². The number of carboxylic acid groups (broad SMARTS) is 1. The predicted octanol–water partition coefficient (Wildman–Crippen LogP) is 0.597. The SMILES string of the molecule is COC(=O)C1CCCCC1S(=O)(=O)N1CCCC1C(=O)O. The molecule has 1 heterocycles. The highest BCUT2D eigenvalue weighted by molar-refractivity contribution is 7.89. The van der Waals surface area contributed by atoms with E-state index in [0.29, 0.717) is 25.7 Å². The van der Waals surface area contributed by atoms with Crippen LogP contribution in [0.4, 0.5) is 0 Å². The molecule has 0 amide bonds. The van der Waals surface area contributed by atoms with Crippen LogP contribution in [0.2, 0.25) is 0 Å². The van der Waals surface area contributed by atoms with Crippen molar-refractivity contribution in [1.29, 1.82) is 0 Å². The Kier molecular flexibility index (Phi) is 4.88. The molecule has 1 saturated heterocycles. The van der Waals surface area contributed by atoms with Crippen molar-refractivity contribution in [1.82, 2.24) is 4.31 Å². The number of hydrogen-bond acceptors (Lipinski definition) is 5. The van der Waals surface area contributed by atoms with Crippen LogP contribution >= 0.6 is 0 Å². The van der Waals surface area contributed by atoms with E-state index < -0.39 is 39.2 Å². The Balaban J connectivity index is 2.28. The number of rotatable bonds is 4. The van der Waals surface area contributed by atoms with Gasteiger partial charge in [-0.25, -0.2) is 8.42 Å². The maximum atomic E-state index is 12.8. The Morgan fingerprint density at radius 3 is 2.43 bits per heavy atom. The molecule has 1 N–H and O–H groups in total. The molecule has 120 valence electrons. The summed E-state index contributed by atoms with van der Waals surface area (Å²) in [7, 11) is -2.56. The lowest BCUT2D eigenvalue weighted by molar-refractivity contribution is -0.146. The van der Waals surface area contributed by atoms with Crippen molar-refractivity contribution in [3.63, 3.8) is 0 Å². The second-order valence-electron chi connectivity index (χ2n) is 5.60. The Morgan fingerprint density at radius 2 is 1.81 bits per heavy atom. The van der Waals surface area contributed by atoms with Gasteiger partial charge in [0, 0.05) is 6.54 Å². The Morgan fingerprint density at radius 1 is 1.14 bits per heavy atom. The van der Waals surface area contributed by atoms with E-state index in [9.17, 15) is 18.0 Å². The number of carboxylic acids is 1. The molecule has 2 rings (SSSR count). The van der Waals surface area contributed by atoms with Crippen molar-refractivity contribution in [2.24, 2.45) is 5.92 Å². The minimum absolute atomic E-state index is 0.212. The molecule has 21 heavy (non-hydrogen) atoms. The van der Waals surface area contributed by atoms with Gasteiger partial charge in [0.15, 0.2) is 0 Å². The lowest BCUT2D eigenvalue weighted by Gasteiger charge is -2.33. The molecule has 2 fully saturated rings. The van der Waals surface area contributed by atoms with Gasteiger partial charge >= 0.3 is 11.9 Å². The summed E-state index contributed by atoms with van der Waals surface area (Å²) >= 11 is 0. The zero-order valence-electron chi connectivity index (χ0n) is 12.0. The molecule has 0 aromatic heterocycles. The number of nitrogens with zero attached hydrogens (tertiary/aromatic N) is 1. The first-order valence-electron chi connectivity index (χ1n) is 7.21.